The Morgan fingerprint density at radius 2 is 2.07 bits per heavy atom. The molecule has 0 atom stereocenters. The van der Waals surface area contributed by atoms with Crippen molar-refractivity contribution in [3.63, 3.8) is 0 Å². The number of imide groups is 1. The van der Waals surface area contributed by atoms with Crippen LogP contribution in [-0.2, 0) is 19.6 Å². The minimum absolute atomic E-state index is 0.114. The molecule has 1 aromatic rings. The largest absolute Gasteiger partial charge is 0.344 e. The number of carbonyl (C=O) groups excluding carboxylic acids is 3. The van der Waals surface area contributed by atoms with E-state index in [0.717, 1.165) is 28.5 Å². The minimum Gasteiger partial charge on any atom is -0.322 e. The van der Waals surface area contributed by atoms with Crippen molar-refractivity contribution in [1.29, 1.82) is 0 Å². The quantitative estimate of drug-likeness (QED) is 0.695. The van der Waals surface area contributed by atoms with E-state index in [2.05, 4.69) is 17.7 Å². The third kappa shape index (κ3) is 3.71. The van der Waals surface area contributed by atoms with Crippen LogP contribution in [0.2, 0.25) is 0 Å². The summed E-state index contributed by atoms with van der Waals surface area (Å²) >= 11 is 1.04. The van der Waals surface area contributed by atoms with Gasteiger partial charge in [-0.3, -0.25) is 15.0 Å². The average Bonchev–Trinajstić information content (AvgIpc) is 3.22. The van der Waals surface area contributed by atoms with Gasteiger partial charge in [0.25, 0.3) is 21.8 Å². The van der Waals surface area contributed by atoms with Crippen molar-refractivity contribution in [2.75, 3.05) is 13.6 Å². The van der Waals surface area contributed by atoms with Crippen molar-refractivity contribution in [2.45, 2.75) is 42.4 Å². The highest BCUT2D eigenvalue weighted by Gasteiger charge is 2.52. The molecule has 2 N–H and O–H groups in total. The van der Waals surface area contributed by atoms with E-state index in [1.165, 1.54) is 13.1 Å². The molecule has 0 bridgehead atoms. The van der Waals surface area contributed by atoms with Crippen molar-refractivity contribution >= 4 is 39.2 Å². The molecule has 3 rings (SSSR count). The summed E-state index contributed by atoms with van der Waals surface area (Å²) < 4.78 is 25.7. The number of nitrogens with one attached hydrogen (secondary N) is 2. The number of hydrogen-bond acceptors (Lipinski definition) is 6. The zero-order valence-electron chi connectivity index (χ0n) is 15.1. The maximum Gasteiger partial charge on any atom is 0.344 e. The van der Waals surface area contributed by atoms with Crippen LogP contribution < -0.4 is 10.7 Å². The topological polar surface area (TPSA) is 116 Å². The molecule has 1 spiro atoms. The Kier molecular flexibility index (Phi) is 5.28. The first-order valence-electron chi connectivity index (χ1n) is 8.62. The molecule has 4 amide bonds. The predicted molar refractivity (Wildman–Crippen MR) is 98.0 cm³/mol. The molecule has 148 valence electrons. The lowest BCUT2D eigenvalue weighted by atomic mass is 9.77. The van der Waals surface area contributed by atoms with E-state index in [9.17, 15) is 22.8 Å². The first-order valence-corrected chi connectivity index (χ1v) is 10.9. The lowest BCUT2D eigenvalue weighted by Crippen LogP contribution is -2.52. The summed E-state index contributed by atoms with van der Waals surface area (Å²) in [6.45, 7) is 1.58. The van der Waals surface area contributed by atoms with Crippen molar-refractivity contribution in [3.05, 3.63) is 17.5 Å². The Balaban J connectivity index is 1.64. The fraction of sp³-hybridized carbons (Fsp3) is 0.562. The summed E-state index contributed by atoms with van der Waals surface area (Å²) in [5, 5.41) is 4.99. The van der Waals surface area contributed by atoms with Crippen molar-refractivity contribution in [3.8, 4) is 0 Å². The van der Waals surface area contributed by atoms with Gasteiger partial charge in [0.15, 0.2) is 0 Å². The molecular formula is C16H22N4O5S2. The highest BCUT2D eigenvalue weighted by Crippen LogP contribution is 2.35. The van der Waals surface area contributed by atoms with Gasteiger partial charge in [-0.1, -0.05) is 13.0 Å². The van der Waals surface area contributed by atoms with Crippen LogP contribution in [0.25, 0.3) is 0 Å². The van der Waals surface area contributed by atoms with Crippen LogP contribution in [0, 0.1) is 5.92 Å². The molecule has 0 radical (unpaired) electrons. The SMILES string of the molecule is CC1CCC2(CC1)NC(=O)N(NC(=O)CN(C)S(=O)(=O)c1cccs1)C2=O. The van der Waals surface area contributed by atoms with Gasteiger partial charge in [-0.2, -0.15) is 9.31 Å². The van der Waals surface area contributed by atoms with Gasteiger partial charge in [0.05, 0.1) is 6.54 Å². The van der Waals surface area contributed by atoms with E-state index in [1.807, 2.05) is 0 Å². The highest BCUT2D eigenvalue weighted by molar-refractivity contribution is 7.91. The highest BCUT2D eigenvalue weighted by atomic mass is 32.2. The number of hydrazine groups is 1. The number of amides is 4. The zero-order valence-corrected chi connectivity index (χ0v) is 16.7. The Morgan fingerprint density at radius 3 is 2.67 bits per heavy atom. The van der Waals surface area contributed by atoms with Crippen LogP contribution in [0.15, 0.2) is 21.7 Å². The second-order valence-electron chi connectivity index (χ2n) is 7.06. The van der Waals surface area contributed by atoms with Crippen molar-refractivity contribution in [1.82, 2.24) is 20.1 Å². The van der Waals surface area contributed by atoms with E-state index >= 15 is 0 Å². The standard InChI is InChI=1S/C16H22N4O5S2/c1-11-5-7-16(8-6-11)14(22)20(15(23)17-16)18-12(21)10-19(2)27(24,25)13-4-3-9-26-13/h3-4,9,11H,5-8,10H2,1-2H3,(H,17,23)(H,18,21). The van der Waals surface area contributed by atoms with E-state index < -0.39 is 40.0 Å². The fourth-order valence-corrected chi connectivity index (χ4v) is 5.65. The number of sulfonamides is 1. The molecule has 27 heavy (non-hydrogen) atoms. The predicted octanol–water partition coefficient (Wildman–Crippen LogP) is 0.901. The Hall–Kier alpha value is -1.98. The number of hydrogen-bond donors (Lipinski definition) is 2. The number of rotatable bonds is 5. The fourth-order valence-electron chi connectivity index (χ4n) is 3.33. The van der Waals surface area contributed by atoms with Gasteiger partial charge in [0, 0.05) is 7.05 Å². The lowest BCUT2D eigenvalue weighted by Gasteiger charge is -2.33. The van der Waals surface area contributed by atoms with Gasteiger partial charge in [-0.15, -0.1) is 11.3 Å². The Morgan fingerprint density at radius 1 is 1.41 bits per heavy atom. The van der Waals surface area contributed by atoms with Gasteiger partial charge < -0.3 is 5.32 Å². The van der Waals surface area contributed by atoms with Crippen LogP contribution in [0.3, 0.4) is 0 Å². The summed E-state index contributed by atoms with van der Waals surface area (Å²) in [6.07, 6.45) is 2.68. The summed E-state index contributed by atoms with van der Waals surface area (Å²) in [7, 11) is -2.53. The molecule has 1 aliphatic carbocycles. The van der Waals surface area contributed by atoms with E-state index in [-0.39, 0.29) is 4.21 Å². The smallest absolute Gasteiger partial charge is 0.322 e. The molecule has 1 aromatic heterocycles. The third-order valence-electron chi connectivity index (χ3n) is 5.05. The molecule has 0 aromatic carbocycles. The van der Waals surface area contributed by atoms with Gasteiger partial charge >= 0.3 is 6.03 Å². The van der Waals surface area contributed by atoms with E-state index in [4.69, 9.17) is 0 Å². The lowest BCUT2D eigenvalue weighted by molar-refractivity contribution is -0.140. The number of carbonyl (C=O) groups is 3. The van der Waals surface area contributed by atoms with Crippen molar-refractivity contribution in [2.24, 2.45) is 5.92 Å². The second kappa shape index (κ2) is 7.21. The molecule has 1 saturated carbocycles. The summed E-state index contributed by atoms with van der Waals surface area (Å²) in [5.74, 6) is -0.765. The van der Waals surface area contributed by atoms with Gasteiger partial charge in [0.2, 0.25) is 0 Å². The number of thiophene rings is 1. The van der Waals surface area contributed by atoms with Crippen molar-refractivity contribution < 1.29 is 22.8 Å². The molecule has 2 aliphatic rings. The maximum absolute atomic E-state index is 12.7. The molecule has 2 heterocycles. The Bertz CT molecular complexity index is 844. The third-order valence-corrected chi connectivity index (χ3v) is 8.23. The molecule has 0 unspecified atom stereocenters. The first-order chi connectivity index (χ1) is 12.7. The van der Waals surface area contributed by atoms with E-state index in [0.29, 0.717) is 23.8 Å². The molecule has 11 heteroatoms. The molecule has 9 nitrogen and oxygen atoms in total. The first kappa shape index (κ1) is 19.8. The van der Waals surface area contributed by atoms with Gasteiger partial charge in [0.1, 0.15) is 9.75 Å². The zero-order chi connectivity index (χ0) is 19.8. The number of likely N-dealkylation sites (N-methyl/N-ethyl adjacent to an activating group) is 1. The van der Waals surface area contributed by atoms with Gasteiger partial charge in [-0.25, -0.2) is 13.2 Å². The monoisotopic (exact) mass is 414 g/mol. The number of urea groups is 1. The van der Waals surface area contributed by atoms with Crippen LogP contribution >= 0.6 is 11.3 Å². The van der Waals surface area contributed by atoms with Crippen LogP contribution in [0.5, 0.6) is 0 Å². The van der Waals surface area contributed by atoms with E-state index in [1.54, 1.807) is 11.4 Å². The normalized spacial score (nSPS) is 25.9. The number of nitrogens with zero attached hydrogens (tertiary/aromatic N) is 2. The summed E-state index contributed by atoms with van der Waals surface area (Å²) in [4.78, 5) is 37.1. The molecule has 2 fully saturated rings. The van der Waals surface area contributed by atoms with Crippen LogP contribution in [-0.4, -0.2) is 54.7 Å². The summed E-state index contributed by atoms with van der Waals surface area (Å²) in [6, 6.07) is 2.36. The molecule has 1 saturated heterocycles. The minimum atomic E-state index is -3.80. The van der Waals surface area contributed by atoms with Gasteiger partial charge in [-0.05, 0) is 43.0 Å². The Labute approximate surface area is 161 Å². The molecular weight excluding hydrogens is 392 g/mol. The second-order valence-corrected chi connectivity index (χ2v) is 10.3. The van der Waals surface area contributed by atoms with Crippen LogP contribution in [0.1, 0.15) is 32.6 Å². The van der Waals surface area contributed by atoms with Crippen LogP contribution in [0.4, 0.5) is 4.79 Å². The molecule has 1 aliphatic heterocycles. The maximum atomic E-state index is 12.7. The average molecular weight is 415 g/mol. The summed E-state index contributed by atoms with van der Waals surface area (Å²) in [5.41, 5.74) is 1.27.